The lowest BCUT2D eigenvalue weighted by molar-refractivity contribution is 0.551. The molecule has 0 saturated heterocycles. The molecule has 0 saturated carbocycles. The molecule has 2 N–H and O–H groups in total. The van der Waals surface area contributed by atoms with Crippen molar-refractivity contribution in [1.82, 2.24) is 5.32 Å². The predicted molar refractivity (Wildman–Crippen MR) is 60.7 cm³/mol. The summed E-state index contributed by atoms with van der Waals surface area (Å²) in [6.07, 6.45) is 2.29. The Kier molecular flexibility index (Phi) is 2.73. The monoisotopic (exact) mass is 190 g/mol. The number of anilines is 1. The first-order chi connectivity index (χ1) is 6.85. The van der Waals surface area contributed by atoms with Gasteiger partial charge in [0.1, 0.15) is 0 Å². The number of hydrogen-bond donors (Lipinski definition) is 2. The Labute approximate surface area is 85.7 Å². The van der Waals surface area contributed by atoms with Gasteiger partial charge in [-0.15, -0.1) is 0 Å². The molecule has 1 aliphatic heterocycles. The minimum absolute atomic E-state index is 0.526. The number of aryl methyl sites for hydroxylation is 1. The molecule has 2 nitrogen and oxygen atoms in total. The summed E-state index contributed by atoms with van der Waals surface area (Å²) < 4.78 is 0. The molecule has 0 radical (unpaired) electrons. The molecular formula is C12H18N2. The Hall–Kier alpha value is -1.02. The molecule has 1 unspecified atom stereocenters. The van der Waals surface area contributed by atoms with Crippen molar-refractivity contribution in [2.45, 2.75) is 25.8 Å². The number of nitrogens with one attached hydrogen (secondary N) is 2. The Morgan fingerprint density at radius 3 is 3.07 bits per heavy atom. The van der Waals surface area contributed by atoms with Gasteiger partial charge in [0.2, 0.25) is 0 Å². The van der Waals surface area contributed by atoms with E-state index in [1.807, 2.05) is 7.05 Å². The predicted octanol–water partition coefficient (Wildman–Crippen LogP) is 2.33. The molecule has 1 atom stereocenters. The maximum Gasteiger partial charge on any atom is 0.0388 e. The van der Waals surface area contributed by atoms with Crippen LogP contribution < -0.4 is 10.6 Å². The molecule has 76 valence electrons. The Balaban J connectivity index is 2.38. The molecule has 0 aliphatic carbocycles. The summed E-state index contributed by atoms with van der Waals surface area (Å²) in [5, 5.41) is 6.81. The molecule has 14 heavy (non-hydrogen) atoms. The fraction of sp³-hybridized carbons (Fsp3) is 0.500. The number of benzene rings is 1. The van der Waals surface area contributed by atoms with Crippen LogP contribution in [0.1, 0.15) is 30.5 Å². The molecule has 1 aromatic carbocycles. The van der Waals surface area contributed by atoms with Crippen molar-refractivity contribution < 1.29 is 0 Å². The second-order valence-corrected chi connectivity index (χ2v) is 3.83. The van der Waals surface area contributed by atoms with E-state index in [2.05, 4.69) is 35.8 Å². The molecule has 0 bridgehead atoms. The van der Waals surface area contributed by atoms with Gasteiger partial charge >= 0.3 is 0 Å². The zero-order chi connectivity index (χ0) is 9.97. The van der Waals surface area contributed by atoms with Crippen LogP contribution >= 0.6 is 0 Å². The van der Waals surface area contributed by atoms with Crippen LogP contribution in [0, 0.1) is 0 Å². The SMILES string of the molecule is CCc1ccc2c(c1)C(NC)CCN2. The molecule has 0 amide bonds. The first-order valence-corrected chi connectivity index (χ1v) is 5.39. The van der Waals surface area contributed by atoms with Crippen LogP contribution in [0.3, 0.4) is 0 Å². The van der Waals surface area contributed by atoms with Gasteiger partial charge < -0.3 is 10.6 Å². The number of fused-ring (bicyclic) bond motifs is 1. The molecule has 2 rings (SSSR count). The second kappa shape index (κ2) is 4.01. The van der Waals surface area contributed by atoms with Crippen LogP contribution in [0.25, 0.3) is 0 Å². The third-order valence-electron chi connectivity index (χ3n) is 3.00. The van der Waals surface area contributed by atoms with Gasteiger partial charge in [0.05, 0.1) is 0 Å². The van der Waals surface area contributed by atoms with Crippen molar-refractivity contribution in [2.75, 3.05) is 18.9 Å². The van der Waals surface area contributed by atoms with E-state index in [0.717, 1.165) is 13.0 Å². The molecule has 1 aliphatic rings. The van der Waals surface area contributed by atoms with Crippen LogP contribution in [0.4, 0.5) is 5.69 Å². The van der Waals surface area contributed by atoms with Gasteiger partial charge in [-0.2, -0.15) is 0 Å². The van der Waals surface area contributed by atoms with E-state index in [0.29, 0.717) is 6.04 Å². The largest absolute Gasteiger partial charge is 0.385 e. The van der Waals surface area contributed by atoms with Gasteiger partial charge in [0.15, 0.2) is 0 Å². The van der Waals surface area contributed by atoms with Crippen LogP contribution in [0.2, 0.25) is 0 Å². The van der Waals surface area contributed by atoms with Crippen molar-refractivity contribution in [3.8, 4) is 0 Å². The molecular weight excluding hydrogens is 172 g/mol. The average molecular weight is 190 g/mol. The third-order valence-corrected chi connectivity index (χ3v) is 3.00. The zero-order valence-electron chi connectivity index (χ0n) is 8.93. The summed E-state index contributed by atoms with van der Waals surface area (Å²) >= 11 is 0. The molecule has 0 fully saturated rings. The first kappa shape index (κ1) is 9.53. The topological polar surface area (TPSA) is 24.1 Å². The van der Waals surface area contributed by atoms with Gasteiger partial charge in [-0.05, 0) is 37.1 Å². The summed E-state index contributed by atoms with van der Waals surface area (Å²) in [5.74, 6) is 0. The summed E-state index contributed by atoms with van der Waals surface area (Å²) in [5.41, 5.74) is 4.15. The summed E-state index contributed by atoms with van der Waals surface area (Å²) in [6, 6.07) is 7.27. The normalized spacial score (nSPS) is 20.0. The summed E-state index contributed by atoms with van der Waals surface area (Å²) in [4.78, 5) is 0. The Bertz CT molecular complexity index is 320. The van der Waals surface area contributed by atoms with E-state index in [1.54, 1.807) is 0 Å². The van der Waals surface area contributed by atoms with Crippen LogP contribution in [0.5, 0.6) is 0 Å². The van der Waals surface area contributed by atoms with Gasteiger partial charge in [0.25, 0.3) is 0 Å². The minimum Gasteiger partial charge on any atom is -0.385 e. The first-order valence-electron chi connectivity index (χ1n) is 5.39. The maximum atomic E-state index is 3.44. The molecule has 1 heterocycles. The van der Waals surface area contributed by atoms with E-state index in [4.69, 9.17) is 0 Å². The maximum absolute atomic E-state index is 3.44. The lowest BCUT2D eigenvalue weighted by Gasteiger charge is -2.26. The highest BCUT2D eigenvalue weighted by Crippen LogP contribution is 2.30. The van der Waals surface area contributed by atoms with Gasteiger partial charge in [-0.3, -0.25) is 0 Å². The highest BCUT2D eigenvalue weighted by molar-refractivity contribution is 5.56. The van der Waals surface area contributed by atoms with Crippen molar-refractivity contribution >= 4 is 5.69 Å². The van der Waals surface area contributed by atoms with Crippen LogP contribution in [0.15, 0.2) is 18.2 Å². The van der Waals surface area contributed by atoms with Crippen LogP contribution in [-0.4, -0.2) is 13.6 Å². The van der Waals surface area contributed by atoms with E-state index < -0.39 is 0 Å². The van der Waals surface area contributed by atoms with Crippen molar-refractivity contribution in [3.63, 3.8) is 0 Å². The van der Waals surface area contributed by atoms with Crippen molar-refractivity contribution in [3.05, 3.63) is 29.3 Å². The smallest absolute Gasteiger partial charge is 0.0388 e. The lowest BCUT2D eigenvalue weighted by atomic mass is 9.95. The Morgan fingerprint density at radius 2 is 2.36 bits per heavy atom. The molecule has 2 heteroatoms. The van der Waals surface area contributed by atoms with E-state index >= 15 is 0 Å². The molecule has 0 aromatic heterocycles. The van der Waals surface area contributed by atoms with Crippen LogP contribution in [-0.2, 0) is 6.42 Å². The summed E-state index contributed by atoms with van der Waals surface area (Å²) in [7, 11) is 2.04. The average Bonchev–Trinajstić information content (AvgIpc) is 2.27. The van der Waals surface area contributed by atoms with Gasteiger partial charge in [0, 0.05) is 18.3 Å². The van der Waals surface area contributed by atoms with Crippen molar-refractivity contribution in [1.29, 1.82) is 0 Å². The number of rotatable bonds is 2. The zero-order valence-corrected chi connectivity index (χ0v) is 8.93. The van der Waals surface area contributed by atoms with Gasteiger partial charge in [-0.1, -0.05) is 19.1 Å². The van der Waals surface area contributed by atoms with E-state index in [9.17, 15) is 0 Å². The molecule has 0 spiro atoms. The van der Waals surface area contributed by atoms with Gasteiger partial charge in [-0.25, -0.2) is 0 Å². The lowest BCUT2D eigenvalue weighted by Crippen LogP contribution is -2.25. The summed E-state index contributed by atoms with van der Waals surface area (Å²) in [6.45, 7) is 3.27. The minimum atomic E-state index is 0.526. The third kappa shape index (κ3) is 1.62. The highest BCUT2D eigenvalue weighted by atomic mass is 15.0. The van der Waals surface area contributed by atoms with Crippen molar-refractivity contribution in [2.24, 2.45) is 0 Å². The highest BCUT2D eigenvalue weighted by Gasteiger charge is 2.17. The second-order valence-electron chi connectivity index (χ2n) is 3.83. The Morgan fingerprint density at radius 1 is 1.50 bits per heavy atom. The van der Waals surface area contributed by atoms with E-state index in [-0.39, 0.29) is 0 Å². The fourth-order valence-corrected chi connectivity index (χ4v) is 2.09. The van der Waals surface area contributed by atoms with E-state index in [1.165, 1.54) is 23.2 Å². The number of hydrogen-bond acceptors (Lipinski definition) is 2. The molecule has 1 aromatic rings. The quantitative estimate of drug-likeness (QED) is 0.748. The fourth-order valence-electron chi connectivity index (χ4n) is 2.09. The standard InChI is InChI=1S/C12H18N2/c1-3-9-4-5-12-10(8-9)11(13-2)6-7-14-12/h4-5,8,11,13-14H,3,6-7H2,1-2H3.